The van der Waals surface area contributed by atoms with E-state index in [0.717, 1.165) is 10.4 Å². The Bertz CT molecular complexity index is 1220. The van der Waals surface area contributed by atoms with Crippen molar-refractivity contribution in [1.29, 1.82) is 0 Å². The Morgan fingerprint density at radius 2 is 0.913 bits per heavy atom. The standard InChI is InChI=1S/C22H13Cl/c23-22-7-3-6-16-19-11-10-17-15-5-2-1-4-14(15)8-9-18(17)20(19)12-13-21(16)22/h1-13H. The first-order valence-electron chi connectivity index (χ1n) is 7.74. The van der Waals surface area contributed by atoms with E-state index in [1.165, 1.54) is 37.7 Å². The fourth-order valence-corrected chi connectivity index (χ4v) is 3.87. The molecule has 0 N–H and O–H groups in total. The van der Waals surface area contributed by atoms with Gasteiger partial charge in [0.25, 0.3) is 0 Å². The Morgan fingerprint density at radius 3 is 1.70 bits per heavy atom. The molecule has 0 aliphatic heterocycles. The average Bonchev–Trinajstić information content (AvgIpc) is 2.61. The minimum absolute atomic E-state index is 0.808. The first-order chi connectivity index (χ1) is 11.3. The zero-order valence-electron chi connectivity index (χ0n) is 12.4. The summed E-state index contributed by atoms with van der Waals surface area (Å²) in [4.78, 5) is 0. The van der Waals surface area contributed by atoms with E-state index in [4.69, 9.17) is 11.6 Å². The highest BCUT2D eigenvalue weighted by molar-refractivity contribution is 6.37. The zero-order valence-corrected chi connectivity index (χ0v) is 13.1. The summed E-state index contributed by atoms with van der Waals surface area (Å²) in [5.74, 6) is 0. The summed E-state index contributed by atoms with van der Waals surface area (Å²) in [6.45, 7) is 0. The lowest BCUT2D eigenvalue weighted by atomic mass is 9.94. The van der Waals surface area contributed by atoms with Crippen molar-refractivity contribution in [3.63, 3.8) is 0 Å². The summed E-state index contributed by atoms with van der Waals surface area (Å²) in [6, 6.07) is 27.9. The molecule has 0 saturated heterocycles. The molecule has 108 valence electrons. The second-order valence-electron chi connectivity index (χ2n) is 5.94. The van der Waals surface area contributed by atoms with Gasteiger partial charge in [-0.3, -0.25) is 0 Å². The summed E-state index contributed by atoms with van der Waals surface area (Å²) in [6.07, 6.45) is 0. The molecule has 0 saturated carbocycles. The monoisotopic (exact) mass is 312 g/mol. The highest BCUT2D eigenvalue weighted by atomic mass is 35.5. The van der Waals surface area contributed by atoms with Crippen LogP contribution in [0.1, 0.15) is 0 Å². The van der Waals surface area contributed by atoms with Gasteiger partial charge in [0.1, 0.15) is 0 Å². The quantitative estimate of drug-likeness (QED) is 0.271. The first kappa shape index (κ1) is 12.9. The van der Waals surface area contributed by atoms with Crippen molar-refractivity contribution < 1.29 is 0 Å². The predicted molar refractivity (Wildman–Crippen MR) is 101 cm³/mol. The second-order valence-corrected chi connectivity index (χ2v) is 6.35. The van der Waals surface area contributed by atoms with E-state index in [2.05, 4.69) is 66.7 Å². The Balaban J connectivity index is 2.03. The molecule has 0 heterocycles. The molecule has 0 fully saturated rings. The third kappa shape index (κ3) is 1.79. The SMILES string of the molecule is Clc1cccc2c1ccc1c2ccc2c3ccccc3ccc21. The molecule has 5 aromatic rings. The summed E-state index contributed by atoms with van der Waals surface area (Å²) >= 11 is 6.35. The molecule has 23 heavy (non-hydrogen) atoms. The molecule has 0 aliphatic carbocycles. The maximum absolute atomic E-state index is 6.35. The predicted octanol–water partition coefficient (Wildman–Crippen LogP) is 6.95. The molecule has 0 amide bonds. The van der Waals surface area contributed by atoms with Crippen molar-refractivity contribution in [2.24, 2.45) is 0 Å². The smallest absolute Gasteiger partial charge is 0.0484 e. The molecule has 5 aromatic carbocycles. The van der Waals surface area contributed by atoms with Crippen LogP contribution in [-0.4, -0.2) is 0 Å². The maximum Gasteiger partial charge on any atom is 0.0484 e. The lowest BCUT2D eigenvalue weighted by Gasteiger charge is -2.10. The topological polar surface area (TPSA) is 0 Å². The van der Waals surface area contributed by atoms with Gasteiger partial charge in [-0.15, -0.1) is 0 Å². The molecule has 0 bridgehead atoms. The van der Waals surface area contributed by atoms with Crippen LogP contribution >= 0.6 is 11.6 Å². The van der Waals surface area contributed by atoms with E-state index >= 15 is 0 Å². The molecule has 0 nitrogen and oxygen atoms in total. The van der Waals surface area contributed by atoms with Crippen molar-refractivity contribution in [3.05, 3.63) is 83.9 Å². The van der Waals surface area contributed by atoms with Crippen molar-refractivity contribution in [2.45, 2.75) is 0 Å². The van der Waals surface area contributed by atoms with Crippen molar-refractivity contribution in [1.82, 2.24) is 0 Å². The van der Waals surface area contributed by atoms with Gasteiger partial charge in [0, 0.05) is 10.4 Å². The number of halogens is 1. The molecule has 0 aliphatic rings. The van der Waals surface area contributed by atoms with E-state index < -0.39 is 0 Å². The Labute approximate surface area is 138 Å². The van der Waals surface area contributed by atoms with Gasteiger partial charge in [0.05, 0.1) is 0 Å². The second kappa shape index (κ2) is 4.71. The molecular weight excluding hydrogens is 300 g/mol. The summed E-state index contributed by atoms with van der Waals surface area (Å²) in [5.41, 5.74) is 0. The van der Waals surface area contributed by atoms with Crippen LogP contribution in [0.25, 0.3) is 43.1 Å². The molecule has 0 unspecified atom stereocenters. The van der Waals surface area contributed by atoms with Crippen LogP contribution in [0.5, 0.6) is 0 Å². The van der Waals surface area contributed by atoms with Crippen LogP contribution in [0.2, 0.25) is 5.02 Å². The third-order valence-electron chi connectivity index (χ3n) is 4.73. The van der Waals surface area contributed by atoms with Gasteiger partial charge >= 0.3 is 0 Å². The van der Waals surface area contributed by atoms with Gasteiger partial charge in [-0.1, -0.05) is 84.4 Å². The number of rotatable bonds is 0. The largest absolute Gasteiger partial charge is 0.0837 e. The lowest BCUT2D eigenvalue weighted by Crippen LogP contribution is -1.83. The highest BCUT2D eigenvalue weighted by Gasteiger charge is 2.08. The minimum Gasteiger partial charge on any atom is -0.0837 e. The maximum atomic E-state index is 6.35. The lowest BCUT2D eigenvalue weighted by molar-refractivity contribution is 1.77. The van der Waals surface area contributed by atoms with E-state index in [-0.39, 0.29) is 0 Å². The number of benzene rings is 5. The van der Waals surface area contributed by atoms with E-state index in [9.17, 15) is 0 Å². The number of fused-ring (bicyclic) bond motifs is 7. The highest BCUT2D eigenvalue weighted by Crippen LogP contribution is 2.36. The van der Waals surface area contributed by atoms with Gasteiger partial charge in [0.2, 0.25) is 0 Å². The molecule has 0 spiro atoms. The molecule has 0 atom stereocenters. The van der Waals surface area contributed by atoms with Crippen LogP contribution in [0, 0.1) is 0 Å². The van der Waals surface area contributed by atoms with Gasteiger partial charge in [-0.2, -0.15) is 0 Å². The van der Waals surface area contributed by atoms with E-state index in [1.54, 1.807) is 0 Å². The van der Waals surface area contributed by atoms with Gasteiger partial charge in [-0.25, -0.2) is 0 Å². The van der Waals surface area contributed by atoms with Crippen LogP contribution in [0.3, 0.4) is 0 Å². The molecular formula is C22H13Cl. The van der Waals surface area contributed by atoms with Gasteiger partial charge in [0.15, 0.2) is 0 Å². The third-order valence-corrected chi connectivity index (χ3v) is 5.06. The number of hydrogen-bond acceptors (Lipinski definition) is 0. The normalized spacial score (nSPS) is 11.7. The molecule has 0 aromatic heterocycles. The van der Waals surface area contributed by atoms with Crippen molar-refractivity contribution in [3.8, 4) is 0 Å². The van der Waals surface area contributed by atoms with Crippen LogP contribution < -0.4 is 0 Å². The molecule has 5 rings (SSSR count). The van der Waals surface area contributed by atoms with E-state index in [0.29, 0.717) is 0 Å². The molecule has 0 radical (unpaired) electrons. The molecule has 1 heteroatoms. The summed E-state index contributed by atoms with van der Waals surface area (Å²) in [7, 11) is 0. The summed E-state index contributed by atoms with van der Waals surface area (Å²) < 4.78 is 0. The van der Waals surface area contributed by atoms with Crippen molar-refractivity contribution in [2.75, 3.05) is 0 Å². The Hall–Kier alpha value is -2.57. The van der Waals surface area contributed by atoms with Gasteiger partial charge in [-0.05, 0) is 43.8 Å². The van der Waals surface area contributed by atoms with Gasteiger partial charge < -0.3 is 0 Å². The van der Waals surface area contributed by atoms with Crippen LogP contribution in [0.15, 0.2) is 78.9 Å². The van der Waals surface area contributed by atoms with Crippen LogP contribution in [-0.2, 0) is 0 Å². The van der Waals surface area contributed by atoms with E-state index in [1.807, 2.05) is 12.1 Å². The Morgan fingerprint density at radius 1 is 0.391 bits per heavy atom. The summed E-state index contributed by atoms with van der Waals surface area (Å²) in [5, 5.41) is 10.9. The van der Waals surface area contributed by atoms with Crippen LogP contribution in [0.4, 0.5) is 0 Å². The fraction of sp³-hybridized carbons (Fsp3) is 0. The average molecular weight is 313 g/mol. The number of hydrogen-bond donors (Lipinski definition) is 0. The fourth-order valence-electron chi connectivity index (χ4n) is 3.63. The Kier molecular flexibility index (Phi) is 2.65. The minimum atomic E-state index is 0.808. The zero-order chi connectivity index (χ0) is 15.4. The van der Waals surface area contributed by atoms with Crippen molar-refractivity contribution >= 4 is 54.7 Å². The first-order valence-corrected chi connectivity index (χ1v) is 8.12.